The molecule has 0 unspecified atom stereocenters. The molecule has 0 saturated heterocycles. The van der Waals surface area contributed by atoms with Gasteiger partial charge in [-0.1, -0.05) is 12.2 Å². The number of rotatable bonds is 4. The minimum absolute atomic E-state index is 0.0760. The van der Waals surface area contributed by atoms with E-state index in [4.69, 9.17) is 4.74 Å². The zero-order valence-corrected chi connectivity index (χ0v) is 15.3. The number of nitrogens with zero attached hydrogens (tertiary/aromatic N) is 2. The van der Waals surface area contributed by atoms with Crippen LogP contribution in [-0.4, -0.2) is 20.7 Å². The van der Waals surface area contributed by atoms with Gasteiger partial charge < -0.3 is 9.84 Å². The molecule has 2 aromatic carbocycles. The summed E-state index contributed by atoms with van der Waals surface area (Å²) in [5.41, 5.74) is 3.25. The van der Waals surface area contributed by atoms with Crippen LogP contribution in [-0.2, 0) is 0 Å². The molecule has 1 heterocycles. The lowest BCUT2D eigenvalue weighted by Crippen LogP contribution is -2.14. The molecule has 0 amide bonds. The van der Waals surface area contributed by atoms with E-state index in [9.17, 15) is 20.0 Å². The zero-order valence-electron chi connectivity index (χ0n) is 15.3. The van der Waals surface area contributed by atoms with Crippen molar-refractivity contribution in [2.24, 2.45) is 0 Å². The number of hydrogen-bond acceptors (Lipinski definition) is 5. The van der Waals surface area contributed by atoms with Crippen LogP contribution in [0.15, 0.2) is 54.9 Å². The average molecular weight is 378 g/mol. The van der Waals surface area contributed by atoms with Gasteiger partial charge in [-0.05, 0) is 66.4 Å². The Morgan fingerprint density at radius 2 is 1.68 bits per heavy atom. The monoisotopic (exact) mass is 378 g/mol. The third-order valence-electron chi connectivity index (χ3n) is 4.16. The Balaban J connectivity index is 1.69. The molecule has 7 nitrogen and oxygen atoms in total. The number of phenols is 1. The summed E-state index contributed by atoms with van der Waals surface area (Å²) in [5.74, 6) is 0.508. The topological polar surface area (TPSA) is 94.6 Å². The molecule has 0 spiro atoms. The van der Waals surface area contributed by atoms with Gasteiger partial charge in [0.25, 0.3) is 5.69 Å². The van der Waals surface area contributed by atoms with Crippen molar-refractivity contribution in [3.8, 4) is 11.5 Å². The summed E-state index contributed by atoms with van der Waals surface area (Å²) in [6.45, 7) is 3.68. The van der Waals surface area contributed by atoms with Crippen molar-refractivity contribution in [2.75, 3.05) is 0 Å². The molecule has 0 radical (unpaired) electrons. The number of nitro benzene ring substituents is 1. The maximum Gasteiger partial charge on any atom is 0.423 e. The van der Waals surface area contributed by atoms with Crippen molar-refractivity contribution in [1.82, 2.24) is 4.57 Å². The Morgan fingerprint density at radius 3 is 2.29 bits per heavy atom. The molecule has 0 atom stereocenters. The molecule has 7 heteroatoms. The highest BCUT2D eigenvalue weighted by atomic mass is 16.6. The summed E-state index contributed by atoms with van der Waals surface area (Å²) in [5, 5.41) is 20.5. The number of aromatic nitrogens is 1. The molecule has 0 aliphatic carbocycles. The van der Waals surface area contributed by atoms with E-state index in [1.165, 1.54) is 28.8 Å². The molecule has 0 saturated carbocycles. The molecule has 1 N–H and O–H groups in total. The van der Waals surface area contributed by atoms with E-state index in [1.54, 1.807) is 18.5 Å². The molecule has 3 aromatic rings. The van der Waals surface area contributed by atoms with Gasteiger partial charge in [-0.15, -0.1) is 0 Å². The van der Waals surface area contributed by atoms with Crippen LogP contribution in [0.3, 0.4) is 0 Å². The Hall–Kier alpha value is -3.87. The Bertz CT molecular complexity index is 1040. The number of non-ortho nitro benzene ring substituents is 1. The van der Waals surface area contributed by atoms with Crippen LogP contribution in [0.2, 0.25) is 0 Å². The lowest BCUT2D eigenvalue weighted by Gasteiger charge is -2.04. The fourth-order valence-corrected chi connectivity index (χ4v) is 2.69. The molecular formula is C21H18N2O5. The fourth-order valence-electron chi connectivity index (χ4n) is 2.69. The number of phenolic OH excluding ortho intramolecular Hbond substituents is 1. The number of nitro groups is 1. The zero-order chi connectivity index (χ0) is 20.3. The summed E-state index contributed by atoms with van der Waals surface area (Å²) < 4.78 is 6.49. The second-order valence-electron chi connectivity index (χ2n) is 6.31. The van der Waals surface area contributed by atoms with Crippen molar-refractivity contribution in [1.29, 1.82) is 0 Å². The number of carbonyl (C=O) groups excluding carboxylic acids is 1. The first-order chi connectivity index (χ1) is 13.3. The number of aryl methyl sites for hydroxylation is 2. The number of hydrogen-bond donors (Lipinski definition) is 1. The van der Waals surface area contributed by atoms with Gasteiger partial charge in [-0.3, -0.25) is 14.7 Å². The first kappa shape index (κ1) is 18.9. The molecule has 1 aromatic heterocycles. The summed E-state index contributed by atoms with van der Waals surface area (Å²) in [6.07, 6.45) is 6.30. The van der Waals surface area contributed by atoms with Gasteiger partial charge in [0.1, 0.15) is 11.5 Å². The SMILES string of the molecule is Cc1cc(C=Cc2ccn(C(=O)Oc3ccc([N+](=O)[O-])cc3)c2)cc(C)c1O. The van der Waals surface area contributed by atoms with E-state index in [1.807, 2.05) is 38.1 Å². The van der Waals surface area contributed by atoms with Crippen molar-refractivity contribution in [2.45, 2.75) is 13.8 Å². The van der Waals surface area contributed by atoms with Crippen molar-refractivity contribution in [3.05, 3.63) is 87.2 Å². The maximum atomic E-state index is 12.2. The Morgan fingerprint density at radius 1 is 1.07 bits per heavy atom. The van der Waals surface area contributed by atoms with E-state index in [0.717, 1.165) is 22.3 Å². The number of aromatic hydroxyl groups is 1. The van der Waals surface area contributed by atoms with Crippen LogP contribution in [0.1, 0.15) is 22.3 Å². The molecule has 28 heavy (non-hydrogen) atoms. The summed E-state index contributed by atoms with van der Waals surface area (Å²) in [7, 11) is 0. The fraction of sp³-hybridized carbons (Fsp3) is 0.0952. The molecule has 3 rings (SSSR count). The van der Waals surface area contributed by atoms with Crippen LogP contribution < -0.4 is 4.74 Å². The predicted molar refractivity (Wildman–Crippen MR) is 105 cm³/mol. The highest BCUT2D eigenvalue weighted by Crippen LogP contribution is 2.24. The van der Waals surface area contributed by atoms with Gasteiger partial charge >= 0.3 is 6.09 Å². The van der Waals surface area contributed by atoms with E-state index < -0.39 is 11.0 Å². The van der Waals surface area contributed by atoms with E-state index >= 15 is 0 Å². The molecule has 142 valence electrons. The third kappa shape index (κ3) is 4.27. The van der Waals surface area contributed by atoms with Gasteiger partial charge in [-0.25, -0.2) is 4.79 Å². The average Bonchev–Trinajstić information content (AvgIpc) is 3.14. The van der Waals surface area contributed by atoms with E-state index in [0.29, 0.717) is 0 Å². The van der Waals surface area contributed by atoms with Crippen LogP contribution in [0, 0.1) is 24.0 Å². The summed E-state index contributed by atoms with van der Waals surface area (Å²) in [6, 6.07) is 10.8. The number of benzene rings is 2. The third-order valence-corrected chi connectivity index (χ3v) is 4.16. The molecule has 0 aliphatic heterocycles. The Kier molecular flexibility index (Phi) is 5.26. The van der Waals surface area contributed by atoms with Gasteiger partial charge in [0.15, 0.2) is 0 Å². The quantitative estimate of drug-likeness (QED) is 0.513. The number of carbonyl (C=O) groups is 1. The second-order valence-corrected chi connectivity index (χ2v) is 6.31. The molecule has 0 bridgehead atoms. The van der Waals surface area contributed by atoms with Crippen LogP contribution in [0.25, 0.3) is 12.2 Å². The smallest absolute Gasteiger partial charge is 0.423 e. The van der Waals surface area contributed by atoms with Crippen LogP contribution >= 0.6 is 0 Å². The first-order valence-corrected chi connectivity index (χ1v) is 8.46. The molecular weight excluding hydrogens is 360 g/mol. The van der Waals surface area contributed by atoms with Crippen LogP contribution in [0.5, 0.6) is 11.5 Å². The molecule has 0 aliphatic rings. The second kappa shape index (κ2) is 7.79. The minimum Gasteiger partial charge on any atom is -0.507 e. The first-order valence-electron chi connectivity index (χ1n) is 8.46. The van der Waals surface area contributed by atoms with Gasteiger partial charge in [-0.2, -0.15) is 0 Å². The van der Waals surface area contributed by atoms with E-state index in [2.05, 4.69) is 0 Å². The normalized spacial score (nSPS) is 10.9. The van der Waals surface area contributed by atoms with Gasteiger partial charge in [0.05, 0.1) is 4.92 Å². The largest absolute Gasteiger partial charge is 0.507 e. The van der Waals surface area contributed by atoms with Gasteiger partial charge in [0.2, 0.25) is 0 Å². The van der Waals surface area contributed by atoms with Crippen molar-refractivity contribution < 1.29 is 19.6 Å². The van der Waals surface area contributed by atoms with E-state index in [-0.39, 0.29) is 17.2 Å². The molecule has 0 fully saturated rings. The van der Waals surface area contributed by atoms with Gasteiger partial charge in [0, 0.05) is 24.5 Å². The number of ether oxygens (including phenoxy) is 1. The standard InChI is InChI=1S/C21H18N2O5/c1-14-11-17(12-15(2)20(14)24)4-3-16-9-10-22(13-16)21(25)28-19-7-5-18(6-8-19)23(26)27/h3-13,24H,1-2H3. The highest BCUT2D eigenvalue weighted by molar-refractivity contribution is 5.76. The van der Waals surface area contributed by atoms with Crippen molar-refractivity contribution >= 4 is 23.9 Å². The Labute approximate surface area is 161 Å². The summed E-state index contributed by atoms with van der Waals surface area (Å²) in [4.78, 5) is 22.3. The van der Waals surface area contributed by atoms with Crippen LogP contribution in [0.4, 0.5) is 10.5 Å². The maximum absolute atomic E-state index is 12.2. The lowest BCUT2D eigenvalue weighted by molar-refractivity contribution is -0.384. The highest BCUT2D eigenvalue weighted by Gasteiger charge is 2.10. The van der Waals surface area contributed by atoms with Crippen molar-refractivity contribution in [3.63, 3.8) is 0 Å². The minimum atomic E-state index is -0.621. The summed E-state index contributed by atoms with van der Waals surface area (Å²) >= 11 is 0. The lowest BCUT2D eigenvalue weighted by atomic mass is 10.1. The predicted octanol–water partition coefficient (Wildman–Crippen LogP) is 4.94.